The van der Waals surface area contributed by atoms with Crippen molar-refractivity contribution < 1.29 is 14.7 Å². The van der Waals surface area contributed by atoms with Crippen LogP contribution in [0.4, 0.5) is 0 Å². The number of piperidine rings is 1. The normalized spacial score (nSPS) is 22.6. The van der Waals surface area contributed by atoms with Crippen LogP contribution in [0.1, 0.15) is 25.3 Å². The van der Waals surface area contributed by atoms with Crippen LogP contribution in [-0.4, -0.2) is 34.5 Å². The highest BCUT2D eigenvalue weighted by atomic mass is 79.9. The van der Waals surface area contributed by atoms with Gasteiger partial charge in [-0.05, 0) is 37.5 Å². The van der Waals surface area contributed by atoms with Crippen molar-refractivity contribution in [1.29, 1.82) is 0 Å². The topological polar surface area (TPSA) is 57.6 Å². The van der Waals surface area contributed by atoms with Crippen LogP contribution < -0.4 is 0 Å². The number of likely N-dealkylation sites (tertiary alicyclic amines) is 1. The van der Waals surface area contributed by atoms with Crippen molar-refractivity contribution in [2.24, 2.45) is 5.92 Å². The van der Waals surface area contributed by atoms with Crippen LogP contribution in [0.5, 0.6) is 0 Å². The highest BCUT2D eigenvalue weighted by Gasteiger charge is 2.32. The molecule has 1 saturated heterocycles. The molecule has 5 heteroatoms. The monoisotopic (exact) mass is 339 g/mol. The lowest BCUT2D eigenvalue weighted by molar-refractivity contribution is -0.146. The van der Waals surface area contributed by atoms with Gasteiger partial charge in [0.05, 0.1) is 12.3 Å². The smallest absolute Gasteiger partial charge is 0.308 e. The molecule has 1 aromatic carbocycles. The Labute approximate surface area is 126 Å². The molecule has 1 aromatic rings. The second kappa shape index (κ2) is 6.39. The van der Waals surface area contributed by atoms with E-state index in [9.17, 15) is 9.59 Å². The summed E-state index contributed by atoms with van der Waals surface area (Å²) < 4.78 is 0.978. The molecule has 0 unspecified atom stereocenters. The van der Waals surface area contributed by atoms with E-state index in [4.69, 9.17) is 5.11 Å². The fourth-order valence-corrected chi connectivity index (χ4v) is 2.80. The van der Waals surface area contributed by atoms with Crippen LogP contribution in [0.15, 0.2) is 28.7 Å². The number of carboxylic acids is 1. The minimum Gasteiger partial charge on any atom is -0.481 e. The van der Waals surface area contributed by atoms with E-state index >= 15 is 0 Å². The summed E-state index contributed by atoms with van der Waals surface area (Å²) in [5, 5.41) is 9.10. The first-order valence-corrected chi connectivity index (χ1v) is 7.53. The summed E-state index contributed by atoms with van der Waals surface area (Å²) in [5.74, 6) is -1.23. The molecule has 1 heterocycles. The summed E-state index contributed by atoms with van der Waals surface area (Å²) in [4.78, 5) is 25.1. The van der Waals surface area contributed by atoms with Gasteiger partial charge in [-0.15, -0.1) is 0 Å². The molecule has 0 aromatic heterocycles. The highest BCUT2D eigenvalue weighted by Crippen LogP contribution is 2.23. The molecule has 1 aliphatic rings. The molecular formula is C15H18BrNO3. The maximum Gasteiger partial charge on any atom is 0.308 e. The van der Waals surface area contributed by atoms with Gasteiger partial charge < -0.3 is 10.0 Å². The largest absolute Gasteiger partial charge is 0.481 e. The number of hydrogen-bond donors (Lipinski definition) is 1. The molecule has 1 aliphatic heterocycles. The molecule has 1 N–H and O–H groups in total. The molecular weight excluding hydrogens is 322 g/mol. The maximum absolute atomic E-state index is 12.4. The molecule has 20 heavy (non-hydrogen) atoms. The SMILES string of the molecule is C[C@H]1CC[C@@H](C(=O)O)CN1C(=O)Cc1ccc(Br)cc1. The van der Waals surface area contributed by atoms with Gasteiger partial charge in [-0.1, -0.05) is 28.1 Å². The first kappa shape index (κ1) is 15.0. The lowest BCUT2D eigenvalue weighted by Crippen LogP contribution is -2.47. The van der Waals surface area contributed by atoms with Crippen molar-refractivity contribution >= 4 is 27.8 Å². The molecule has 0 aliphatic carbocycles. The standard InChI is InChI=1S/C15H18BrNO3/c1-10-2-5-12(15(19)20)9-17(10)14(18)8-11-3-6-13(16)7-4-11/h3-4,6-7,10,12H,2,5,8-9H2,1H3,(H,19,20)/t10-,12+/m0/s1. The molecule has 1 amide bonds. The summed E-state index contributed by atoms with van der Waals surface area (Å²) in [5.41, 5.74) is 0.947. The molecule has 2 rings (SSSR count). The van der Waals surface area contributed by atoms with Crippen LogP contribution in [0.25, 0.3) is 0 Å². The minimum absolute atomic E-state index is 0.00534. The quantitative estimate of drug-likeness (QED) is 0.920. The number of nitrogens with zero attached hydrogens (tertiary/aromatic N) is 1. The zero-order chi connectivity index (χ0) is 14.7. The number of aliphatic carboxylic acids is 1. The van der Waals surface area contributed by atoms with Crippen LogP contribution >= 0.6 is 15.9 Å². The van der Waals surface area contributed by atoms with E-state index in [0.717, 1.165) is 16.5 Å². The highest BCUT2D eigenvalue weighted by molar-refractivity contribution is 9.10. The van der Waals surface area contributed by atoms with Crippen molar-refractivity contribution in [2.75, 3.05) is 6.54 Å². The Morgan fingerprint density at radius 2 is 1.95 bits per heavy atom. The molecule has 0 spiro atoms. The minimum atomic E-state index is -0.807. The Balaban J connectivity index is 2.03. The van der Waals surface area contributed by atoms with Gasteiger partial charge in [0.1, 0.15) is 0 Å². The Hall–Kier alpha value is -1.36. The van der Waals surface area contributed by atoms with E-state index in [0.29, 0.717) is 19.4 Å². The third-order valence-electron chi connectivity index (χ3n) is 3.82. The van der Waals surface area contributed by atoms with E-state index in [-0.39, 0.29) is 11.9 Å². The third-order valence-corrected chi connectivity index (χ3v) is 4.35. The van der Waals surface area contributed by atoms with Crippen molar-refractivity contribution in [3.8, 4) is 0 Å². The van der Waals surface area contributed by atoms with E-state index in [1.165, 1.54) is 0 Å². The Kier molecular flexibility index (Phi) is 4.81. The molecule has 108 valence electrons. The van der Waals surface area contributed by atoms with Gasteiger partial charge in [0.15, 0.2) is 0 Å². The Morgan fingerprint density at radius 3 is 2.55 bits per heavy atom. The summed E-state index contributed by atoms with van der Waals surface area (Å²) in [6.45, 7) is 2.31. The number of carbonyl (C=O) groups is 2. The summed E-state index contributed by atoms with van der Waals surface area (Å²) in [7, 11) is 0. The number of halogens is 1. The van der Waals surface area contributed by atoms with Gasteiger partial charge in [0.25, 0.3) is 0 Å². The predicted octanol–water partition coefficient (Wildman–Crippen LogP) is 2.70. The number of rotatable bonds is 3. The summed E-state index contributed by atoms with van der Waals surface area (Å²) in [6.07, 6.45) is 1.73. The van der Waals surface area contributed by atoms with E-state index < -0.39 is 11.9 Å². The van der Waals surface area contributed by atoms with E-state index in [1.54, 1.807) is 4.90 Å². The Bertz CT molecular complexity index is 500. The fraction of sp³-hybridized carbons (Fsp3) is 0.467. The maximum atomic E-state index is 12.4. The van der Waals surface area contributed by atoms with E-state index in [1.807, 2.05) is 31.2 Å². The third kappa shape index (κ3) is 3.60. The lowest BCUT2D eigenvalue weighted by atomic mass is 9.93. The van der Waals surface area contributed by atoms with Crippen molar-refractivity contribution in [3.63, 3.8) is 0 Å². The number of hydrogen-bond acceptors (Lipinski definition) is 2. The van der Waals surface area contributed by atoms with Crippen LogP contribution in [0.2, 0.25) is 0 Å². The van der Waals surface area contributed by atoms with Crippen LogP contribution in [0.3, 0.4) is 0 Å². The molecule has 0 saturated carbocycles. The molecule has 0 bridgehead atoms. The van der Waals surface area contributed by atoms with Gasteiger partial charge in [-0.25, -0.2) is 0 Å². The van der Waals surface area contributed by atoms with Crippen LogP contribution in [0, 0.1) is 5.92 Å². The molecule has 1 fully saturated rings. The number of carboxylic acid groups (broad SMARTS) is 1. The van der Waals surface area contributed by atoms with Gasteiger partial charge in [-0.2, -0.15) is 0 Å². The lowest BCUT2D eigenvalue weighted by Gasteiger charge is -2.36. The first-order valence-electron chi connectivity index (χ1n) is 6.74. The van der Waals surface area contributed by atoms with Gasteiger partial charge >= 0.3 is 5.97 Å². The van der Waals surface area contributed by atoms with Gasteiger partial charge in [0, 0.05) is 17.1 Å². The average Bonchev–Trinajstić information content (AvgIpc) is 2.41. The van der Waals surface area contributed by atoms with Gasteiger partial charge in [-0.3, -0.25) is 9.59 Å². The number of benzene rings is 1. The van der Waals surface area contributed by atoms with Crippen LogP contribution in [-0.2, 0) is 16.0 Å². The zero-order valence-electron chi connectivity index (χ0n) is 11.4. The van der Waals surface area contributed by atoms with Gasteiger partial charge in [0.2, 0.25) is 5.91 Å². The van der Waals surface area contributed by atoms with Crippen molar-refractivity contribution in [1.82, 2.24) is 4.90 Å². The predicted molar refractivity (Wildman–Crippen MR) is 79.4 cm³/mol. The summed E-state index contributed by atoms with van der Waals surface area (Å²) in [6, 6.07) is 7.75. The fourth-order valence-electron chi connectivity index (χ4n) is 2.53. The second-order valence-corrected chi connectivity index (χ2v) is 6.23. The molecule has 4 nitrogen and oxygen atoms in total. The Morgan fingerprint density at radius 1 is 1.30 bits per heavy atom. The number of carbonyl (C=O) groups excluding carboxylic acids is 1. The van der Waals surface area contributed by atoms with Crippen molar-refractivity contribution in [3.05, 3.63) is 34.3 Å². The molecule has 2 atom stereocenters. The first-order chi connectivity index (χ1) is 9.47. The van der Waals surface area contributed by atoms with Crippen molar-refractivity contribution in [2.45, 2.75) is 32.2 Å². The van der Waals surface area contributed by atoms with E-state index in [2.05, 4.69) is 15.9 Å². The molecule has 0 radical (unpaired) electrons. The second-order valence-electron chi connectivity index (χ2n) is 5.31. The average molecular weight is 340 g/mol. The number of amides is 1. The summed E-state index contributed by atoms with van der Waals surface area (Å²) >= 11 is 3.36. The zero-order valence-corrected chi connectivity index (χ0v) is 13.0.